The van der Waals surface area contributed by atoms with E-state index in [4.69, 9.17) is 9.41 Å². The first-order valence-electron chi connectivity index (χ1n) is 20.7. The average molecular weight is 769 g/mol. The Morgan fingerprint density at radius 3 is 2.07 bits per heavy atom. The highest BCUT2D eigenvalue weighted by molar-refractivity contribution is 6.23. The third-order valence-electron chi connectivity index (χ3n) is 12.1. The van der Waals surface area contributed by atoms with Crippen LogP contribution < -0.4 is 0 Å². The van der Waals surface area contributed by atoms with Gasteiger partial charge in [0.2, 0.25) is 0 Å². The van der Waals surface area contributed by atoms with Crippen molar-refractivity contribution in [1.29, 1.82) is 0 Å². The summed E-state index contributed by atoms with van der Waals surface area (Å²) in [5.41, 5.74) is 14.0. The number of aliphatic imine (C=N–C) groups is 2. The van der Waals surface area contributed by atoms with Crippen LogP contribution in [0.4, 0.5) is 0 Å². The highest BCUT2D eigenvalue weighted by Crippen LogP contribution is 2.45. The summed E-state index contributed by atoms with van der Waals surface area (Å²) in [6.07, 6.45) is 8.84. The van der Waals surface area contributed by atoms with Crippen LogP contribution in [0.2, 0.25) is 0 Å². The number of hydrogen-bond donors (Lipinski definition) is 0. The minimum absolute atomic E-state index is 0.571. The molecule has 60 heavy (non-hydrogen) atoms. The predicted octanol–water partition coefficient (Wildman–Crippen LogP) is 15.1. The van der Waals surface area contributed by atoms with Gasteiger partial charge in [0.05, 0.1) is 18.0 Å². The van der Waals surface area contributed by atoms with Gasteiger partial charge in [-0.1, -0.05) is 170 Å². The molecule has 1 aliphatic rings. The molecule has 11 rings (SSSR count). The van der Waals surface area contributed by atoms with Gasteiger partial charge in [0.15, 0.2) is 0 Å². The molecule has 0 spiro atoms. The lowest BCUT2D eigenvalue weighted by molar-refractivity contribution is 0.673. The van der Waals surface area contributed by atoms with E-state index in [0.717, 1.165) is 79.4 Å². The standard InChI is InChI=1S/C57H40N2O/c1-58-53(35-54(39-17-6-3-7-18-39)59-36-37-15-4-2-5-16-37)40-29-27-38(28-30-40)42-25-14-26-55-56(42)52-34-50(47-23-12-13-24-49(47)57(52)60-55)41-31-32-48-45-21-9-8-19-43(45)44-20-10-11-22-46(44)51(48)33-41/h2-9,11-19,21-35H,1,10,20,36H2/b53-35-,59-54+. The molecule has 3 heteroatoms. The Morgan fingerprint density at radius 1 is 0.567 bits per heavy atom. The Bertz CT molecular complexity index is 3390. The molecule has 0 radical (unpaired) electrons. The Labute approximate surface area is 349 Å². The molecule has 0 bridgehead atoms. The van der Waals surface area contributed by atoms with Crippen molar-refractivity contribution >= 4 is 78.5 Å². The summed E-state index contributed by atoms with van der Waals surface area (Å²) in [4.78, 5) is 9.54. The summed E-state index contributed by atoms with van der Waals surface area (Å²) in [5, 5.41) is 9.79. The molecule has 1 aromatic heterocycles. The number of furan rings is 1. The van der Waals surface area contributed by atoms with Crippen LogP contribution in [-0.4, -0.2) is 12.4 Å². The van der Waals surface area contributed by atoms with Crippen LogP contribution in [0, 0.1) is 0 Å². The molecule has 0 atom stereocenters. The van der Waals surface area contributed by atoms with E-state index in [9.17, 15) is 0 Å². The van der Waals surface area contributed by atoms with Crippen LogP contribution in [0.15, 0.2) is 202 Å². The fraction of sp³-hybridized carbons (Fsp3) is 0.0526. The molecule has 10 aromatic rings. The lowest BCUT2D eigenvalue weighted by atomic mass is 9.85. The number of aryl methyl sites for hydroxylation is 1. The predicted molar refractivity (Wildman–Crippen MR) is 255 cm³/mol. The van der Waals surface area contributed by atoms with Crippen LogP contribution in [0.5, 0.6) is 0 Å². The Kier molecular flexibility index (Phi) is 8.86. The SMILES string of the molecule is C=N/C(=C\C(=N/Cc1ccccc1)c1ccccc1)c1ccc(-c2cccc3oc4c5ccccc5c(-c5ccc6c(c5)c5c(c7ccccc76)CCC=C5)cc4c23)cc1. The molecule has 9 aromatic carbocycles. The first-order valence-corrected chi connectivity index (χ1v) is 20.7. The summed E-state index contributed by atoms with van der Waals surface area (Å²) >= 11 is 0. The molecule has 0 unspecified atom stereocenters. The van der Waals surface area contributed by atoms with Crippen molar-refractivity contribution in [2.45, 2.75) is 19.4 Å². The van der Waals surface area contributed by atoms with Gasteiger partial charge >= 0.3 is 0 Å². The van der Waals surface area contributed by atoms with Crippen LogP contribution in [0.25, 0.3) is 88.3 Å². The van der Waals surface area contributed by atoms with Gasteiger partial charge in [-0.15, -0.1) is 0 Å². The number of rotatable bonds is 8. The molecule has 1 aliphatic carbocycles. The van der Waals surface area contributed by atoms with Crippen LogP contribution in [0.3, 0.4) is 0 Å². The lowest BCUT2D eigenvalue weighted by Gasteiger charge is -2.19. The molecule has 0 fully saturated rings. The minimum Gasteiger partial charge on any atom is -0.455 e. The smallest absolute Gasteiger partial charge is 0.143 e. The average Bonchev–Trinajstić information content (AvgIpc) is 3.71. The van der Waals surface area contributed by atoms with Crippen LogP contribution in [0.1, 0.15) is 34.2 Å². The van der Waals surface area contributed by atoms with Gasteiger partial charge in [0, 0.05) is 21.7 Å². The van der Waals surface area contributed by atoms with E-state index < -0.39 is 0 Å². The third kappa shape index (κ3) is 6.15. The first kappa shape index (κ1) is 35.5. The van der Waals surface area contributed by atoms with E-state index in [2.05, 4.69) is 163 Å². The van der Waals surface area contributed by atoms with Crippen LogP contribution in [-0.2, 0) is 13.0 Å². The second-order valence-corrected chi connectivity index (χ2v) is 15.6. The van der Waals surface area contributed by atoms with E-state index in [0.29, 0.717) is 6.54 Å². The van der Waals surface area contributed by atoms with Crippen molar-refractivity contribution in [1.82, 2.24) is 0 Å². The number of hydrogen-bond acceptors (Lipinski definition) is 3. The second kappa shape index (κ2) is 15.0. The summed E-state index contributed by atoms with van der Waals surface area (Å²) < 4.78 is 6.78. The van der Waals surface area contributed by atoms with Crippen LogP contribution >= 0.6 is 0 Å². The molecular formula is C57H40N2O. The van der Waals surface area contributed by atoms with Gasteiger partial charge in [-0.25, -0.2) is 0 Å². The molecule has 0 amide bonds. The van der Waals surface area contributed by atoms with Gasteiger partial charge < -0.3 is 4.42 Å². The second-order valence-electron chi connectivity index (χ2n) is 15.6. The number of nitrogens with zero attached hydrogens (tertiary/aromatic N) is 2. The van der Waals surface area contributed by atoms with E-state index in [1.165, 1.54) is 49.2 Å². The number of fused-ring (bicyclic) bond motifs is 11. The quantitative estimate of drug-likeness (QED) is 0.112. The number of allylic oxidation sites excluding steroid dienone is 2. The molecule has 0 aliphatic heterocycles. The normalized spacial score (nSPS) is 13.1. The summed E-state index contributed by atoms with van der Waals surface area (Å²) in [5.74, 6) is 0. The Hall–Kier alpha value is -7.62. The first-order chi connectivity index (χ1) is 29.7. The van der Waals surface area contributed by atoms with E-state index in [-0.39, 0.29) is 0 Å². The van der Waals surface area contributed by atoms with Crippen molar-refractivity contribution in [2.75, 3.05) is 0 Å². The maximum Gasteiger partial charge on any atom is 0.143 e. The zero-order valence-corrected chi connectivity index (χ0v) is 33.1. The topological polar surface area (TPSA) is 37.9 Å². The van der Waals surface area contributed by atoms with Gasteiger partial charge in [-0.2, -0.15) is 0 Å². The molecule has 0 N–H and O–H groups in total. The van der Waals surface area contributed by atoms with Gasteiger partial charge in [0.1, 0.15) is 11.2 Å². The summed E-state index contributed by atoms with van der Waals surface area (Å²) in [6.45, 7) is 4.54. The Balaban J connectivity index is 1.03. The molecule has 284 valence electrons. The van der Waals surface area contributed by atoms with Crippen molar-refractivity contribution < 1.29 is 4.42 Å². The molecule has 3 nitrogen and oxygen atoms in total. The van der Waals surface area contributed by atoms with Crippen molar-refractivity contribution in [3.05, 3.63) is 216 Å². The molecule has 1 heterocycles. The maximum absolute atomic E-state index is 6.78. The van der Waals surface area contributed by atoms with E-state index in [1.54, 1.807) is 0 Å². The summed E-state index contributed by atoms with van der Waals surface area (Å²) in [6, 6.07) is 62.5. The van der Waals surface area contributed by atoms with Crippen molar-refractivity contribution in [2.24, 2.45) is 9.98 Å². The molecular weight excluding hydrogens is 729 g/mol. The third-order valence-corrected chi connectivity index (χ3v) is 12.1. The van der Waals surface area contributed by atoms with Crippen molar-refractivity contribution in [3.63, 3.8) is 0 Å². The number of benzene rings is 9. The van der Waals surface area contributed by atoms with E-state index in [1.807, 2.05) is 42.5 Å². The highest BCUT2D eigenvalue weighted by Gasteiger charge is 2.20. The molecule has 0 saturated carbocycles. The zero-order valence-electron chi connectivity index (χ0n) is 33.1. The maximum atomic E-state index is 6.78. The van der Waals surface area contributed by atoms with Gasteiger partial charge in [-0.3, -0.25) is 9.98 Å². The van der Waals surface area contributed by atoms with Gasteiger partial charge in [0.25, 0.3) is 0 Å². The largest absolute Gasteiger partial charge is 0.455 e. The van der Waals surface area contributed by atoms with Crippen molar-refractivity contribution in [3.8, 4) is 22.3 Å². The fourth-order valence-electron chi connectivity index (χ4n) is 9.23. The van der Waals surface area contributed by atoms with E-state index >= 15 is 0 Å². The monoisotopic (exact) mass is 768 g/mol. The fourth-order valence-corrected chi connectivity index (χ4v) is 9.23. The zero-order chi connectivity index (χ0) is 40.0. The van der Waals surface area contributed by atoms with Gasteiger partial charge in [-0.05, 0) is 115 Å². The lowest BCUT2D eigenvalue weighted by Crippen LogP contribution is -1.99. The Morgan fingerprint density at radius 2 is 1.27 bits per heavy atom. The summed E-state index contributed by atoms with van der Waals surface area (Å²) in [7, 11) is 0. The highest BCUT2D eigenvalue weighted by atomic mass is 16.3. The minimum atomic E-state index is 0.571. The molecule has 0 saturated heterocycles.